The first-order chi connectivity index (χ1) is 13.5. The highest BCUT2D eigenvalue weighted by molar-refractivity contribution is 14.0. The number of rotatable bonds is 7. The molecule has 0 amide bonds. The standard InChI is InChI=1S/C19H28N4O2S3.HI/c1-3-20-19(21-13-16-8-7-15(2)26-16)22-14-17-9-10-18(27-17)28(24,25)23-11-5-4-6-12-23;/h7-10H,3-6,11-14H2,1-2H3,(H2,20,21,22);1H. The van der Waals surface area contributed by atoms with Gasteiger partial charge in [0.15, 0.2) is 5.96 Å². The third-order valence-electron chi connectivity index (χ3n) is 4.51. The summed E-state index contributed by atoms with van der Waals surface area (Å²) >= 11 is 3.09. The van der Waals surface area contributed by atoms with Crippen molar-refractivity contribution in [3.05, 3.63) is 38.9 Å². The lowest BCUT2D eigenvalue weighted by Crippen LogP contribution is -2.36. The van der Waals surface area contributed by atoms with Crippen molar-refractivity contribution in [3.63, 3.8) is 0 Å². The smallest absolute Gasteiger partial charge is 0.252 e. The molecule has 10 heteroatoms. The number of aliphatic imine (C=N–C) groups is 1. The van der Waals surface area contributed by atoms with Crippen molar-refractivity contribution in [1.29, 1.82) is 0 Å². The molecule has 162 valence electrons. The number of halogens is 1. The van der Waals surface area contributed by atoms with Gasteiger partial charge < -0.3 is 10.6 Å². The minimum atomic E-state index is -3.35. The molecule has 0 saturated carbocycles. The maximum Gasteiger partial charge on any atom is 0.252 e. The molecule has 2 aromatic heterocycles. The number of nitrogens with zero attached hydrogens (tertiary/aromatic N) is 2. The summed E-state index contributed by atoms with van der Waals surface area (Å²) in [6, 6.07) is 7.82. The predicted octanol–water partition coefficient (Wildman–Crippen LogP) is 4.17. The summed E-state index contributed by atoms with van der Waals surface area (Å²) in [4.78, 5) is 8.11. The Bertz CT molecular complexity index is 902. The first kappa shape index (κ1) is 24.6. The highest BCUT2D eigenvalue weighted by Crippen LogP contribution is 2.27. The van der Waals surface area contributed by atoms with Crippen LogP contribution in [0.5, 0.6) is 0 Å². The molecule has 0 bridgehead atoms. The molecular formula is C19H29IN4O2S3. The van der Waals surface area contributed by atoms with E-state index < -0.39 is 10.0 Å². The molecule has 1 saturated heterocycles. The molecule has 0 aliphatic carbocycles. The van der Waals surface area contributed by atoms with Crippen molar-refractivity contribution in [2.24, 2.45) is 4.99 Å². The van der Waals surface area contributed by atoms with Crippen molar-refractivity contribution in [2.75, 3.05) is 19.6 Å². The molecule has 0 spiro atoms. The lowest BCUT2D eigenvalue weighted by atomic mass is 10.2. The van der Waals surface area contributed by atoms with Gasteiger partial charge in [-0.1, -0.05) is 6.42 Å². The second-order valence-corrected chi connectivity index (χ2v) is 11.5. The summed E-state index contributed by atoms with van der Waals surface area (Å²) in [5.41, 5.74) is 0. The minimum Gasteiger partial charge on any atom is -0.357 e. The Morgan fingerprint density at radius 2 is 1.79 bits per heavy atom. The van der Waals surface area contributed by atoms with Crippen LogP contribution in [-0.4, -0.2) is 38.3 Å². The van der Waals surface area contributed by atoms with E-state index >= 15 is 0 Å². The first-order valence-electron chi connectivity index (χ1n) is 9.65. The molecular weight excluding hydrogens is 539 g/mol. The molecule has 1 aliphatic heterocycles. The van der Waals surface area contributed by atoms with Crippen LogP contribution in [0.25, 0.3) is 0 Å². The maximum atomic E-state index is 12.8. The van der Waals surface area contributed by atoms with Gasteiger partial charge in [0.1, 0.15) is 4.21 Å². The normalized spacial score (nSPS) is 15.7. The van der Waals surface area contributed by atoms with Gasteiger partial charge in [-0.3, -0.25) is 0 Å². The Hall–Kier alpha value is -0.690. The van der Waals surface area contributed by atoms with Gasteiger partial charge in [0.05, 0.1) is 13.1 Å². The summed E-state index contributed by atoms with van der Waals surface area (Å²) < 4.78 is 27.6. The average molecular weight is 569 g/mol. The summed E-state index contributed by atoms with van der Waals surface area (Å²) in [6.07, 6.45) is 3.01. The topological polar surface area (TPSA) is 73.8 Å². The number of piperidine rings is 1. The Kier molecular flexibility index (Phi) is 9.86. The quantitative estimate of drug-likeness (QED) is 0.299. The Morgan fingerprint density at radius 3 is 2.45 bits per heavy atom. The molecule has 0 atom stereocenters. The fourth-order valence-corrected chi connectivity index (χ4v) is 6.85. The van der Waals surface area contributed by atoms with E-state index in [1.54, 1.807) is 21.7 Å². The van der Waals surface area contributed by atoms with Crippen molar-refractivity contribution < 1.29 is 8.42 Å². The Balaban J connectivity index is 0.00000300. The summed E-state index contributed by atoms with van der Waals surface area (Å²) in [5.74, 6) is 0.738. The number of thiophene rings is 2. The van der Waals surface area contributed by atoms with Crippen LogP contribution in [0.1, 0.15) is 40.8 Å². The lowest BCUT2D eigenvalue weighted by Gasteiger charge is -2.25. The first-order valence-corrected chi connectivity index (χ1v) is 12.7. The number of nitrogens with one attached hydrogen (secondary N) is 2. The molecule has 6 nitrogen and oxygen atoms in total. The van der Waals surface area contributed by atoms with Crippen molar-refractivity contribution >= 4 is 62.6 Å². The van der Waals surface area contributed by atoms with Crippen LogP contribution >= 0.6 is 46.7 Å². The molecule has 29 heavy (non-hydrogen) atoms. The van der Waals surface area contributed by atoms with Crippen LogP contribution in [0.15, 0.2) is 33.5 Å². The number of sulfonamides is 1. The molecule has 1 fully saturated rings. The molecule has 2 N–H and O–H groups in total. The zero-order valence-electron chi connectivity index (χ0n) is 16.8. The van der Waals surface area contributed by atoms with Gasteiger partial charge in [-0.05, 0) is 51.0 Å². The zero-order valence-corrected chi connectivity index (χ0v) is 21.6. The van der Waals surface area contributed by atoms with Gasteiger partial charge in [-0.2, -0.15) is 4.31 Å². The van der Waals surface area contributed by atoms with E-state index in [4.69, 9.17) is 0 Å². The molecule has 0 unspecified atom stereocenters. The fraction of sp³-hybridized carbons (Fsp3) is 0.526. The lowest BCUT2D eigenvalue weighted by molar-refractivity contribution is 0.347. The van der Waals surface area contributed by atoms with Gasteiger partial charge in [0.2, 0.25) is 0 Å². The van der Waals surface area contributed by atoms with Crippen LogP contribution in [0.2, 0.25) is 0 Å². The van der Waals surface area contributed by atoms with E-state index in [0.29, 0.717) is 30.4 Å². The molecule has 1 aliphatic rings. The van der Waals surface area contributed by atoms with Gasteiger partial charge >= 0.3 is 0 Å². The van der Waals surface area contributed by atoms with E-state index in [0.717, 1.165) is 36.6 Å². The third kappa shape index (κ3) is 6.91. The summed E-state index contributed by atoms with van der Waals surface area (Å²) in [7, 11) is -3.35. The van der Waals surface area contributed by atoms with Crippen LogP contribution in [0.3, 0.4) is 0 Å². The summed E-state index contributed by atoms with van der Waals surface area (Å²) in [5, 5.41) is 6.54. The van der Waals surface area contributed by atoms with Gasteiger partial charge in [-0.15, -0.1) is 46.7 Å². The second kappa shape index (κ2) is 11.6. The van der Waals surface area contributed by atoms with Crippen molar-refractivity contribution in [3.8, 4) is 0 Å². The van der Waals surface area contributed by atoms with E-state index in [1.807, 2.05) is 13.0 Å². The van der Waals surface area contributed by atoms with Crippen LogP contribution < -0.4 is 10.6 Å². The van der Waals surface area contributed by atoms with Gasteiger partial charge in [0, 0.05) is 34.3 Å². The Morgan fingerprint density at radius 1 is 1.07 bits per heavy atom. The fourth-order valence-electron chi connectivity index (χ4n) is 3.06. The SMILES string of the molecule is CCNC(=NCc1ccc(C)s1)NCc1ccc(S(=O)(=O)N2CCCCC2)s1.I. The van der Waals surface area contributed by atoms with E-state index in [-0.39, 0.29) is 24.0 Å². The van der Waals surface area contributed by atoms with Crippen molar-refractivity contribution in [1.82, 2.24) is 14.9 Å². The van der Waals surface area contributed by atoms with Crippen LogP contribution in [0, 0.1) is 6.92 Å². The predicted molar refractivity (Wildman–Crippen MR) is 133 cm³/mol. The third-order valence-corrected chi connectivity index (χ3v) is 8.95. The van der Waals surface area contributed by atoms with Gasteiger partial charge in [-0.25, -0.2) is 13.4 Å². The van der Waals surface area contributed by atoms with Crippen molar-refractivity contribution in [2.45, 2.75) is 50.4 Å². The number of hydrogen-bond donors (Lipinski definition) is 2. The molecule has 0 radical (unpaired) electrons. The van der Waals surface area contributed by atoms with Crippen LogP contribution in [-0.2, 0) is 23.1 Å². The van der Waals surface area contributed by atoms with E-state index in [1.165, 1.54) is 21.1 Å². The van der Waals surface area contributed by atoms with E-state index in [2.05, 4.69) is 34.7 Å². The number of hydrogen-bond acceptors (Lipinski definition) is 5. The monoisotopic (exact) mass is 568 g/mol. The van der Waals surface area contributed by atoms with E-state index in [9.17, 15) is 8.42 Å². The molecule has 2 aromatic rings. The highest BCUT2D eigenvalue weighted by atomic mass is 127. The summed E-state index contributed by atoms with van der Waals surface area (Å²) in [6.45, 7) is 7.34. The number of aryl methyl sites for hydroxylation is 1. The number of guanidine groups is 1. The molecule has 3 rings (SSSR count). The molecule has 3 heterocycles. The minimum absolute atomic E-state index is 0. The van der Waals surface area contributed by atoms with Crippen LogP contribution in [0.4, 0.5) is 0 Å². The molecule has 0 aromatic carbocycles. The average Bonchev–Trinajstić information content (AvgIpc) is 3.34. The Labute approximate surface area is 198 Å². The largest absolute Gasteiger partial charge is 0.357 e. The highest BCUT2D eigenvalue weighted by Gasteiger charge is 2.27. The second-order valence-electron chi connectivity index (χ2n) is 6.75. The maximum absolute atomic E-state index is 12.8. The zero-order chi connectivity index (χ0) is 20.0. The van der Waals surface area contributed by atoms with Gasteiger partial charge in [0.25, 0.3) is 10.0 Å².